The van der Waals surface area contributed by atoms with Gasteiger partial charge in [-0.05, 0) is 31.2 Å². The van der Waals surface area contributed by atoms with Crippen LogP contribution in [-0.2, 0) is 10.0 Å². The second-order valence-corrected chi connectivity index (χ2v) is 8.88. The molecule has 1 aliphatic carbocycles. The summed E-state index contributed by atoms with van der Waals surface area (Å²) >= 11 is 3.13. The molecule has 3 rings (SSSR count). The number of hydrogen-bond acceptors (Lipinski definition) is 5. The smallest absolute Gasteiger partial charge is 0.238 e. The van der Waals surface area contributed by atoms with Gasteiger partial charge in [0.05, 0.1) is 20.1 Å². The summed E-state index contributed by atoms with van der Waals surface area (Å²) in [5, 5.41) is 6.41. The first kappa shape index (κ1) is 15.3. The number of hydrogen-bond donors (Lipinski definition) is 1. The normalized spacial score (nSPS) is 17.4. The first-order valence-corrected chi connectivity index (χ1v) is 10.6. The number of primary sulfonamides is 1. The Morgan fingerprint density at radius 1 is 1.29 bits per heavy atom. The highest BCUT2D eigenvalue weighted by Crippen LogP contribution is 2.39. The van der Waals surface area contributed by atoms with Gasteiger partial charge in [-0.2, -0.15) is 0 Å². The van der Waals surface area contributed by atoms with E-state index in [-0.39, 0.29) is 4.90 Å². The van der Waals surface area contributed by atoms with Crippen LogP contribution < -0.4 is 5.14 Å². The highest BCUT2D eigenvalue weighted by molar-refractivity contribution is 7.98. The van der Waals surface area contributed by atoms with Crippen LogP contribution in [0.1, 0.15) is 43.0 Å². The third-order valence-corrected chi connectivity index (χ3v) is 6.76. The molecule has 2 N–H and O–H groups in total. The van der Waals surface area contributed by atoms with Gasteiger partial charge in [-0.15, -0.1) is 23.1 Å². The number of thioether (sulfide) groups is 1. The summed E-state index contributed by atoms with van der Waals surface area (Å²) in [5.41, 5.74) is 0.917. The molecule has 1 heterocycles. The number of aromatic nitrogens is 1. The molecule has 1 aromatic carbocycles. The number of fused-ring (bicyclic) bond motifs is 1. The molecule has 0 radical (unpaired) electrons. The quantitative estimate of drug-likeness (QED) is 0.863. The van der Waals surface area contributed by atoms with Crippen LogP contribution in [0, 0.1) is 0 Å². The van der Waals surface area contributed by atoms with Gasteiger partial charge in [0.2, 0.25) is 10.0 Å². The summed E-state index contributed by atoms with van der Waals surface area (Å²) in [6.07, 6.45) is 8.15. The van der Waals surface area contributed by atoms with Crippen molar-refractivity contribution in [3.8, 4) is 0 Å². The van der Waals surface area contributed by atoms with Crippen LogP contribution in [0.4, 0.5) is 0 Å². The van der Waals surface area contributed by atoms with Crippen molar-refractivity contribution in [1.82, 2.24) is 4.98 Å². The molecule has 4 nitrogen and oxygen atoms in total. The monoisotopic (exact) mass is 342 g/mol. The second-order valence-electron chi connectivity index (χ2n) is 5.40. The van der Waals surface area contributed by atoms with E-state index in [2.05, 4.69) is 0 Å². The van der Waals surface area contributed by atoms with Gasteiger partial charge in [0.1, 0.15) is 0 Å². The van der Waals surface area contributed by atoms with Gasteiger partial charge in [-0.25, -0.2) is 18.5 Å². The van der Waals surface area contributed by atoms with E-state index >= 15 is 0 Å². The molecule has 1 saturated carbocycles. The third kappa shape index (κ3) is 3.11. The summed E-state index contributed by atoms with van der Waals surface area (Å²) in [4.78, 5) is 5.86. The SMILES string of the molecule is CSc1cc(S(N)(=O)=O)cc2sc(C3CCCCC3)nc12. The van der Waals surface area contributed by atoms with Crippen LogP contribution in [0.5, 0.6) is 0 Å². The topological polar surface area (TPSA) is 73.1 Å². The highest BCUT2D eigenvalue weighted by atomic mass is 32.2. The Balaban J connectivity index is 2.11. The second kappa shape index (κ2) is 5.87. The van der Waals surface area contributed by atoms with Crippen molar-refractivity contribution in [2.75, 3.05) is 6.26 Å². The maximum Gasteiger partial charge on any atom is 0.238 e. The van der Waals surface area contributed by atoms with Crippen molar-refractivity contribution < 1.29 is 8.42 Å². The third-order valence-electron chi connectivity index (χ3n) is 3.95. The fourth-order valence-corrected chi connectivity index (χ4v) is 5.41. The zero-order valence-corrected chi connectivity index (χ0v) is 14.3. The summed E-state index contributed by atoms with van der Waals surface area (Å²) < 4.78 is 24.1. The van der Waals surface area contributed by atoms with Crippen LogP contribution in [0.2, 0.25) is 0 Å². The molecular formula is C14H18N2O2S3. The molecular weight excluding hydrogens is 324 g/mol. The molecule has 1 fully saturated rings. The van der Waals surface area contributed by atoms with Gasteiger partial charge in [-0.1, -0.05) is 19.3 Å². The van der Waals surface area contributed by atoms with E-state index in [0.717, 1.165) is 20.1 Å². The molecule has 0 amide bonds. The standard InChI is InChI=1S/C14H18N2O2S3/c1-19-11-7-10(21(15,17)18)8-12-13(11)16-14(20-12)9-5-3-2-4-6-9/h7-9H,2-6H2,1H3,(H2,15,17,18). The van der Waals surface area contributed by atoms with Gasteiger partial charge in [-0.3, -0.25) is 0 Å². The number of benzene rings is 1. The summed E-state index contributed by atoms with van der Waals surface area (Å²) in [6, 6.07) is 3.29. The van der Waals surface area contributed by atoms with Crippen LogP contribution in [0.3, 0.4) is 0 Å². The molecule has 1 aromatic heterocycles. The Labute approximate surface area is 133 Å². The molecule has 7 heteroatoms. The molecule has 0 unspecified atom stereocenters. The van der Waals surface area contributed by atoms with Gasteiger partial charge in [0.25, 0.3) is 0 Å². The Hall–Kier alpha value is -0.630. The van der Waals surface area contributed by atoms with E-state index in [1.807, 2.05) is 6.26 Å². The van der Waals surface area contributed by atoms with E-state index < -0.39 is 10.0 Å². The molecule has 21 heavy (non-hydrogen) atoms. The van der Waals surface area contributed by atoms with Crippen molar-refractivity contribution in [1.29, 1.82) is 0 Å². The van der Waals surface area contributed by atoms with Crippen molar-refractivity contribution in [2.24, 2.45) is 5.14 Å². The van der Waals surface area contributed by atoms with Gasteiger partial charge in [0.15, 0.2) is 0 Å². The highest BCUT2D eigenvalue weighted by Gasteiger charge is 2.21. The number of rotatable bonds is 3. The van der Waals surface area contributed by atoms with E-state index in [4.69, 9.17) is 10.1 Å². The van der Waals surface area contributed by atoms with Crippen molar-refractivity contribution in [3.63, 3.8) is 0 Å². The maximum atomic E-state index is 11.6. The molecule has 0 spiro atoms. The Morgan fingerprint density at radius 3 is 2.62 bits per heavy atom. The number of nitrogens with zero attached hydrogens (tertiary/aromatic N) is 1. The Bertz CT molecular complexity index is 762. The molecule has 114 valence electrons. The van der Waals surface area contributed by atoms with Crippen molar-refractivity contribution in [2.45, 2.75) is 47.8 Å². The lowest BCUT2D eigenvalue weighted by atomic mass is 9.90. The average Bonchev–Trinajstić information content (AvgIpc) is 2.90. The van der Waals surface area contributed by atoms with Crippen molar-refractivity contribution >= 4 is 43.3 Å². The van der Waals surface area contributed by atoms with Crippen LogP contribution in [0.15, 0.2) is 21.9 Å². The fourth-order valence-electron chi connectivity index (χ4n) is 2.84. The lowest BCUT2D eigenvalue weighted by Gasteiger charge is -2.18. The minimum atomic E-state index is -3.68. The van der Waals surface area contributed by atoms with E-state index in [1.54, 1.807) is 23.5 Å². The first-order valence-electron chi connectivity index (χ1n) is 7.00. The maximum absolute atomic E-state index is 11.6. The number of nitrogens with two attached hydrogens (primary N) is 1. The van der Waals surface area contributed by atoms with Crippen LogP contribution in [0.25, 0.3) is 10.2 Å². The predicted molar refractivity (Wildman–Crippen MR) is 88.6 cm³/mol. The summed E-state index contributed by atoms with van der Waals surface area (Å²) in [5.74, 6) is 0.531. The summed E-state index contributed by atoms with van der Waals surface area (Å²) in [7, 11) is -3.68. The minimum Gasteiger partial charge on any atom is -0.240 e. The lowest BCUT2D eigenvalue weighted by molar-refractivity contribution is 0.443. The molecule has 0 aliphatic heterocycles. The largest absolute Gasteiger partial charge is 0.240 e. The van der Waals surface area contributed by atoms with E-state index in [0.29, 0.717) is 5.92 Å². The number of sulfonamides is 1. The Morgan fingerprint density at radius 2 is 2.00 bits per heavy atom. The molecule has 0 saturated heterocycles. The minimum absolute atomic E-state index is 0.179. The Kier molecular flexibility index (Phi) is 4.27. The summed E-state index contributed by atoms with van der Waals surface area (Å²) in [6.45, 7) is 0. The lowest BCUT2D eigenvalue weighted by Crippen LogP contribution is -2.12. The van der Waals surface area contributed by atoms with Crippen LogP contribution in [-0.4, -0.2) is 19.7 Å². The molecule has 2 aromatic rings. The van der Waals surface area contributed by atoms with Crippen molar-refractivity contribution in [3.05, 3.63) is 17.1 Å². The van der Waals surface area contributed by atoms with E-state index in [9.17, 15) is 8.42 Å². The van der Waals surface area contributed by atoms with Gasteiger partial charge in [0, 0.05) is 10.8 Å². The van der Waals surface area contributed by atoms with Crippen LogP contribution >= 0.6 is 23.1 Å². The van der Waals surface area contributed by atoms with E-state index in [1.165, 1.54) is 43.9 Å². The zero-order chi connectivity index (χ0) is 15.0. The molecule has 0 atom stereocenters. The predicted octanol–water partition coefficient (Wildman–Crippen LogP) is 3.71. The molecule has 0 bridgehead atoms. The average molecular weight is 343 g/mol. The zero-order valence-electron chi connectivity index (χ0n) is 11.8. The fraction of sp³-hybridized carbons (Fsp3) is 0.500. The number of thiazole rings is 1. The van der Waals surface area contributed by atoms with Gasteiger partial charge < -0.3 is 0 Å². The molecule has 1 aliphatic rings. The van der Waals surface area contributed by atoms with Gasteiger partial charge >= 0.3 is 0 Å². The first-order chi connectivity index (χ1) is 9.99.